The fourth-order valence-corrected chi connectivity index (χ4v) is 3.20. The Bertz CT molecular complexity index is 942. The Labute approximate surface area is 165 Å². The van der Waals surface area contributed by atoms with Crippen LogP contribution in [0.1, 0.15) is 41.3 Å². The molecule has 5 nitrogen and oxygen atoms in total. The van der Waals surface area contributed by atoms with E-state index in [0.717, 1.165) is 41.9 Å². The van der Waals surface area contributed by atoms with Crippen LogP contribution in [0.15, 0.2) is 54.7 Å². The quantitative estimate of drug-likeness (QED) is 0.550. The molecule has 0 fully saturated rings. The Kier molecular flexibility index (Phi) is 5.95. The van der Waals surface area contributed by atoms with Crippen molar-refractivity contribution in [2.75, 3.05) is 6.61 Å². The number of aryl methyl sites for hydroxylation is 2. The van der Waals surface area contributed by atoms with Crippen LogP contribution in [0.25, 0.3) is 11.1 Å². The lowest BCUT2D eigenvalue weighted by Gasteiger charge is -2.19. The van der Waals surface area contributed by atoms with E-state index in [2.05, 4.69) is 9.97 Å². The summed E-state index contributed by atoms with van der Waals surface area (Å²) in [6.45, 7) is 4.17. The molecule has 146 valence electrons. The highest BCUT2D eigenvalue weighted by molar-refractivity contribution is 5.95. The summed E-state index contributed by atoms with van der Waals surface area (Å²) in [6.07, 6.45) is 4.29. The molecule has 0 saturated heterocycles. The third kappa shape index (κ3) is 4.87. The van der Waals surface area contributed by atoms with Crippen molar-refractivity contribution in [3.05, 3.63) is 77.4 Å². The number of rotatable bonds is 8. The highest BCUT2D eigenvalue weighted by Crippen LogP contribution is 2.24. The number of hydrogen-bond donors (Lipinski definition) is 3. The molecule has 0 saturated carbocycles. The van der Waals surface area contributed by atoms with Gasteiger partial charge in [-0.1, -0.05) is 56.3 Å². The zero-order valence-corrected chi connectivity index (χ0v) is 16.3. The third-order valence-electron chi connectivity index (χ3n) is 4.84. The summed E-state index contributed by atoms with van der Waals surface area (Å²) in [7, 11) is 0. The van der Waals surface area contributed by atoms with Gasteiger partial charge in [0.15, 0.2) is 0 Å². The number of carboxylic acid groups (broad SMARTS) is 1. The summed E-state index contributed by atoms with van der Waals surface area (Å²) < 4.78 is 0. The van der Waals surface area contributed by atoms with Gasteiger partial charge in [-0.3, -0.25) is 0 Å². The fraction of sp³-hybridized carbons (Fsp3) is 0.304. The summed E-state index contributed by atoms with van der Waals surface area (Å²) in [4.78, 5) is 19.2. The van der Waals surface area contributed by atoms with Crippen LogP contribution in [-0.2, 0) is 19.3 Å². The number of imidazole rings is 1. The van der Waals surface area contributed by atoms with Crippen molar-refractivity contribution >= 4 is 5.97 Å². The van der Waals surface area contributed by atoms with Gasteiger partial charge < -0.3 is 15.2 Å². The van der Waals surface area contributed by atoms with Gasteiger partial charge in [0.1, 0.15) is 5.82 Å². The molecule has 0 aliphatic heterocycles. The molecule has 3 rings (SSSR count). The summed E-state index contributed by atoms with van der Waals surface area (Å²) in [5, 5.41) is 18.8. The normalized spacial score (nSPS) is 11.5. The van der Waals surface area contributed by atoms with Crippen molar-refractivity contribution in [3.8, 4) is 11.1 Å². The number of aromatic carboxylic acids is 1. The molecule has 5 heteroatoms. The van der Waals surface area contributed by atoms with Crippen molar-refractivity contribution < 1.29 is 15.0 Å². The fourth-order valence-electron chi connectivity index (χ4n) is 3.20. The molecule has 1 heterocycles. The van der Waals surface area contributed by atoms with Gasteiger partial charge in [-0.25, -0.2) is 9.78 Å². The summed E-state index contributed by atoms with van der Waals surface area (Å²) in [5.41, 5.74) is 3.90. The largest absolute Gasteiger partial charge is 0.478 e. The van der Waals surface area contributed by atoms with Crippen LogP contribution < -0.4 is 0 Å². The number of nitrogens with zero attached hydrogens (tertiary/aromatic N) is 1. The average Bonchev–Trinajstić information content (AvgIpc) is 3.13. The second kappa shape index (κ2) is 8.40. The van der Waals surface area contributed by atoms with E-state index < -0.39 is 5.97 Å². The first-order valence-electron chi connectivity index (χ1n) is 9.44. The molecule has 0 aliphatic carbocycles. The van der Waals surface area contributed by atoms with Crippen LogP contribution in [0.2, 0.25) is 0 Å². The molecule has 2 aromatic carbocycles. The van der Waals surface area contributed by atoms with Gasteiger partial charge >= 0.3 is 5.97 Å². The SMILES string of the molecule is CC(C)(CO)Cc1c[nH]c(CCc2ccc(-c3ccccc3C(=O)O)cc2)n1. The Balaban J connectivity index is 1.64. The predicted molar refractivity (Wildman–Crippen MR) is 109 cm³/mol. The van der Waals surface area contributed by atoms with Gasteiger partial charge in [-0.15, -0.1) is 0 Å². The number of nitrogens with one attached hydrogen (secondary N) is 1. The highest BCUT2D eigenvalue weighted by atomic mass is 16.4. The van der Waals surface area contributed by atoms with E-state index in [0.29, 0.717) is 5.56 Å². The molecule has 0 radical (unpaired) electrons. The molecule has 3 N–H and O–H groups in total. The minimum atomic E-state index is -0.919. The highest BCUT2D eigenvalue weighted by Gasteiger charge is 2.18. The summed E-state index contributed by atoms with van der Waals surface area (Å²) >= 11 is 0. The van der Waals surface area contributed by atoms with Crippen LogP contribution in [0, 0.1) is 5.41 Å². The summed E-state index contributed by atoms with van der Waals surface area (Å²) in [6, 6.07) is 15.0. The van der Waals surface area contributed by atoms with E-state index in [1.165, 1.54) is 5.56 Å². The van der Waals surface area contributed by atoms with E-state index in [1.807, 2.05) is 56.4 Å². The molecular formula is C23H26N2O3. The lowest BCUT2D eigenvalue weighted by molar-refractivity contribution is 0.0697. The first kappa shape index (κ1) is 19.8. The zero-order chi connectivity index (χ0) is 20.1. The molecule has 0 bridgehead atoms. The van der Waals surface area contributed by atoms with E-state index in [1.54, 1.807) is 12.1 Å². The second-order valence-electron chi connectivity index (χ2n) is 7.89. The molecule has 0 atom stereocenters. The van der Waals surface area contributed by atoms with Crippen LogP contribution in [-0.4, -0.2) is 32.8 Å². The Morgan fingerprint density at radius 3 is 2.46 bits per heavy atom. The number of H-pyrrole nitrogens is 1. The van der Waals surface area contributed by atoms with Crippen molar-refractivity contribution in [3.63, 3.8) is 0 Å². The van der Waals surface area contributed by atoms with E-state index in [-0.39, 0.29) is 12.0 Å². The molecule has 3 aromatic rings. The number of aromatic amines is 1. The number of aliphatic hydroxyl groups is 1. The molecular weight excluding hydrogens is 352 g/mol. The average molecular weight is 378 g/mol. The number of carboxylic acids is 1. The number of benzene rings is 2. The first-order valence-corrected chi connectivity index (χ1v) is 9.44. The molecule has 0 spiro atoms. The predicted octanol–water partition coefficient (Wildman–Crippen LogP) is 4.12. The maximum Gasteiger partial charge on any atom is 0.336 e. The minimum absolute atomic E-state index is 0.131. The van der Waals surface area contributed by atoms with Crippen molar-refractivity contribution in [2.24, 2.45) is 5.41 Å². The van der Waals surface area contributed by atoms with Crippen molar-refractivity contribution in [1.29, 1.82) is 0 Å². The first-order chi connectivity index (χ1) is 13.4. The van der Waals surface area contributed by atoms with Gasteiger partial charge in [0.05, 0.1) is 11.3 Å². The van der Waals surface area contributed by atoms with Gasteiger partial charge in [0.25, 0.3) is 0 Å². The van der Waals surface area contributed by atoms with Gasteiger partial charge in [-0.05, 0) is 41.0 Å². The number of hydrogen-bond acceptors (Lipinski definition) is 3. The van der Waals surface area contributed by atoms with Crippen molar-refractivity contribution in [2.45, 2.75) is 33.1 Å². The standard InChI is InChI=1S/C23H26N2O3/c1-23(2,15-26)13-18-14-24-21(25-18)12-9-16-7-10-17(11-8-16)19-5-3-4-6-20(19)22(27)28/h3-8,10-11,14,26H,9,12-13,15H2,1-2H3,(H,24,25)(H,27,28). The van der Waals surface area contributed by atoms with Gasteiger partial charge in [-0.2, -0.15) is 0 Å². The van der Waals surface area contributed by atoms with E-state index in [4.69, 9.17) is 0 Å². The van der Waals surface area contributed by atoms with Gasteiger partial charge in [0, 0.05) is 19.2 Å². The lowest BCUT2D eigenvalue weighted by Crippen LogP contribution is -2.19. The topological polar surface area (TPSA) is 86.2 Å². The molecule has 0 amide bonds. The number of carbonyl (C=O) groups is 1. The van der Waals surface area contributed by atoms with Crippen LogP contribution in [0.3, 0.4) is 0 Å². The molecule has 0 aliphatic rings. The smallest absolute Gasteiger partial charge is 0.336 e. The van der Waals surface area contributed by atoms with Crippen LogP contribution >= 0.6 is 0 Å². The third-order valence-corrected chi connectivity index (χ3v) is 4.84. The molecule has 28 heavy (non-hydrogen) atoms. The van der Waals surface area contributed by atoms with Crippen molar-refractivity contribution in [1.82, 2.24) is 9.97 Å². The maximum atomic E-state index is 11.4. The van der Waals surface area contributed by atoms with E-state index in [9.17, 15) is 15.0 Å². The Morgan fingerprint density at radius 1 is 1.07 bits per heavy atom. The lowest BCUT2D eigenvalue weighted by atomic mass is 9.89. The summed E-state index contributed by atoms with van der Waals surface area (Å²) in [5.74, 6) is 0.0155. The molecule has 1 aromatic heterocycles. The second-order valence-corrected chi connectivity index (χ2v) is 7.89. The monoisotopic (exact) mass is 378 g/mol. The van der Waals surface area contributed by atoms with Gasteiger partial charge in [0.2, 0.25) is 0 Å². The number of aromatic nitrogens is 2. The Morgan fingerprint density at radius 2 is 1.79 bits per heavy atom. The zero-order valence-electron chi connectivity index (χ0n) is 16.3. The van der Waals surface area contributed by atoms with Crippen LogP contribution in [0.4, 0.5) is 0 Å². The van der Waals surface area contributed by atoms with Crippen LogP contribution in [0.5, 0.6) is 0 Å². The van der Waals surface area contributed by atoms with E-state index >= 15 is 0 Å². The molecule has 0 unspecified atom stereocenters. The Hall–Kier alpha value is -2.92. The maximum absolute atomic E-state index is 11.4. The number of aliphatic hydroxyl groups excluding tert-OH is 1. The minimum Gasteiger partial charge on any atom is -0.478 e.